The van der Waals surface area contributed by atoms with Crippen molar-refractivity contribution in [1.82, 2.24) is 15.1 Å². The van der Waals surface area contributed by atoms with E-state index in [0.29, 0.717) is 22.2 Å². The Kier molecular flexibility index (Phi) is 7.31. The lowest BCUT2D eigenvalue weighted by atomic mass is 10.0. The van der Waals surface area contributed by atoms with Crippen LogP contribution in [0.5, 0.6) is 5.75 Å². The highest BCUT2D eigenvalue weighted by molar-refractivity contribution is 6.30. The van der Waals surface area contributed by atoms with Crippen molar-refractivity contribution in [3.63, 3.8) is 0 Å². The van der Waals surface area contributed by atoms with Crippen molar-refractivity contribution in [3.8, 4) is 11.4 Å². The van der Waals surface area contributed by atoms with Crippen LogP contribution in [0, 0.1) is 6.92 Å². The van der Waals surface area contributed by atoms with Crippen molar-refractivity contribution in [3.05, 3.63) is 76.6 Å². The molecule has 0 aliphatic heterocycles. The third-order valence-corrected chi connectivity index (χ3v) is 5.15. The van der Waals surface area contributed by atoms with Gasteiger partial charge in [0.25, 0.3) is 0 Å². The fourth-order valence-electron chi connectivity index (χ4n) is 3.15. The maximum Gasteiger partial charge on any atom is 0.308 e. The predicted octanol–water partition coefficient (Wildman–Crippen LogP) is 4.15. The molecule has 3 rings (SSSR count). The van der Waals surface area contributed by atoms with Crippen molar-refractivity contribution in [2.45, 2.75) is 32.9 Å². The molecule has 0 aliphatic rings. The first-order valence-electron chi connectivity index (χ1n) is 9.75. The van der Waals surface area contributed by atoms with Gasteiger partial charge >= 0.3 is 5.97 Å². The number of carbonyl (C=O) groups is 2. The van der Waals surface area contributed by atoms with Gasteiger partial charge in [0.05, 0.1) is 31.0 Å². The maximum absolute atomic E-state index is 12.5. The largest absolute Gasteiger partial charge is 0.497 e. The molecule has 1 N–H and O–H groups in total. The lowest BCUT2D eigenvalue weighted by Crippen LogP contribution is -2.28. The highest BCUT2D eigenvalue weighted by atomic mass is 35.5. The number of carbonyl (C=O) groups excluding carboxylic acids is 2. The Balaban J connectivity index is 1.69. The first-order chi connectivity index (χ1) is 14.9. The van der Waals surface area contributed by atoms with Gasteiger partial charge in [0.2, 0.25) is 5.91 Å². The Morgan fingerprint density at radius 2 is 1.81 bits per heavy atom. The molecule has 3 aromatic rings. The molecule has 0 saturated carbocycles. The van der Waals surface area contributed by atoms with Crippen molar-refractivity contribution in [2.24, 2.45) is 0 Å². The zero-order chi connectivity index (χ0) is 22.4. The van der Waals surface area contributed by atoms with Crippen LogP contribution in [-0.4, -0.2) is 28.8 Å². The number of ether oxygens (including phenoxy) is 2. The van der Waals surface area contributed by atoms with Crippen molar-refractivity contribution < 1.29 is 19.1 Å². The van der Waals surface area contributed by atoms with E-state index in [1.807, 2.05) is 37.3 Å². The van der Waals surface area contributed by atoms with E-state index in [1.165, 1.54) is 6.92 Å². The molecule has 0 spiro atoms. The second-order valence-electron chi connectivity index (χ2n) is 6.99. The Morgan fingerprint density at radius 1 is 1.13 bits per heavy atom. The normalized spacial score (nSPS) is 11.6. The summed E-state index contributed by atoms with van der Waals surface area (Å²) in [6, 6.07) is 16.1. The number of nitrogens with zero attached hydrogens (tertiary/aromatic N) is 2. The maximum atomic E-state index is 12.5. The van der Waals surface area contributed by atoms with E-state index in [0.717, 1.165) is 11.3 Å². The second kappa shape index (κ2) is 10.1. The number of para-hydroxylation sites is 1. The molecule has 0 bridgehead atoms. The highest BCUT2D eigenvalue weighted by Gasteiger charge is 2.20. The van der Waals surface area contributed by atoms with E-state index in [-0.39, 0.29) is 18.9 Å². The summed E-state index contributed by atoms with van der Waals surface area (Å²) in [5.74, 6) is -0.0115. The minimum Gasteiger partial charge on any atom is -0.497 e. The van der Waals surface area contributed by atoms with Crippen LogP contribution in [0.2, 0.25) is 5.15 Å². The molecule has 8 heteroatoms. The summed E-state index contributed by atoms with van der Waals surface area (Å²) in [4.78, 5) is 24.2. The van der Waals surface area contributed by atoms with Crippen LogP contribution in [-0.2, 0) is 20.9 Å². The minimum absolute atomic E-state index is 0.00820. The number of esters is 1. The summed E-state index contributed by atoms with van der Waals surface area (Å²) in [7, 11) is 1.57. The molecule has 0 saturated heterocycles. The third kappa shape index (κ3) is 5.64. The number of halogens is 1. The molecule has 1 atom stereocenters. The zero-order valence-electron chi connectivity index (χ0n) is 17.6. The van der Waals surface area contributed by atoms with Gasteiger partial charge in [-0.1, -0.05) is 41.9 Å². The molecule has 31 heavy (non-hydrogen) atoms. The van der Waals surface area contributed by atoms with Crippen LogP contribution in [0.1, 0.15) is 36.2 Å². The monoisotopic (exact) mass is 441 g/mol. The first kappa shape index (κ1) is 22.4. The average molecular weight is 442 g/mol. The number of benzene rings is 2. The fourth-order valence-corrected chi connectivity index (χ4v) is 3.47. The molecule has 1 aromatic heterocycles. The molecule has 1 heterocycles. The van der Waals surface area contributed by atoms with E-state index >= 15 is 0 Å². The van der Waals surface area contributed by atoms with Crippen LogP contribution in [0.3, 0.4) is 0 Å². The van der Waals surface area contributed by atoms with Gasteiger partial charge in [-0.05, 0) is 36.8 Å². The molecule has 162 valence electrons. The van der Waals surface area contributed by atoms with Crippen molar-refractivity contribution in [2.75, 3.05) is 7.11 Å². The summed E-state index contributed by atoms with van der Waals surface area (Å²) in [5, 5.41) is 7.63. The summed E-state index contributed by atoms with van der Waals surface area (Å²) in [5.41, 5.74) is 2.91. The summed E-state index contributed by atoms with van der Waals surface area (Å²) in [6.45, 7) is 3.21. The number of methoxy groups -OCH3 is 1. The topological polar surface area (TPSA) is 82.4 Å². The van der Waals surface area contributed by atoms with Gasteiger partial charge in [0.1, 0.15) is 17.5 Å². The van der Waals surface area contributed by atoms with Gasteiger partial charge in [-0.25, -0.2) is 4.68 Å². The van der Waals surface area contributed by atoms with Gasteiger partial charge in [0, 0.05) is 12.5 Å². The van der Waals surface area contributed by atoms with Gasteiger partial charge in [-0.3, -0.25) is 9.59 Å². The molecular weight excluding hydrogens is 418 g/mol. The smallest absolute Gasteiger partial charge is 0.308 e. The number of hydrogen-bond donors (Lipinski definition) is 1. The van der Waals surface area contributed by atoms with Crippen LogP contribution in [0.15, 0.2) is 54.6 Å². The number of aryl methyl sites for hydroxylation is 1. The second-order valence-corrected chi connectivity index (χ2v) is 7.35. The van der Waals surface area contributed by atoms with E-state index in [1.54, 1.807) is 36.1 Å². The molecule has 1 amide bonds. The average Bonchev–Trinajstić information content (AvgIpc) is 3.05. The molecule has 0 aliphatic carbocycles. The minimum atomic E-state index is -0.514. The van der Waals surface area contributed by atoms with Gasteiger partial charge in [-0.2, -0.15) is 5.10 Å². The number of amides is 1. The third-order valence-electron chi connectivity index (χ3n) is 4.77. The molecule has 7 nitrogen and oxygen atoms in total. The number of rotatable bonds is 8. The number of hydrogen-bond acceptors (Lipinski definition) is 5. The Hall–Kier alpha value is -3.32. The van der Waals surface area contributed by atoms with Crippen LogP contribution in [0.4, 0.5) is 0 Å². The fraction of sp³-hybridized carbons (Fsp3) is 0.261. The number of aromatic nitrogens is 2. The molecule has 1 unspecified atom stereocenters. The SMILES string of the molecule is COc1ccc(C(CC(=O)OCc2c(C)nn(-c3ccccc3)c2Cl)NC(C)=O)cc1. The Labute approximate surface area is 185 Å². The molecular formula is C23H24ClN3O4. The van der Waals surface area contributed by atoms with Gasteiger partial charge in [0.15, 0.2) is 0 Å². The highest BCUT2D eigenvalue weighted by Crippen LogP contribution is 2.25. The number of nitrogens with one attached hydrogen (secondary N) is 1. The molecule has 0 radical (unpaired) electrons. The van der Waals surface area contributed by atoms with Crippen molar-refractivity contribution >= 4 is 23.5 Å². The Bertz CT molecular complexity index is 1050. The van der Waals surface area contributed by atoms with Crippen molar-refractivity contribution in [1.29, 1.82) is 0 Å². The van der Waals surface area contributed by atoms with E-state index in [9.17, 15) is 9.59 Å². The molecule has 0 fully saturated rings. The van der Waals surface area contributed by atoms with Crippen LogP contribution >= 0.6 is 11.6 Å². The summed E-state index contributed by atoms with van der Waals surface area (Å²) < 4.78 is 12.2. The summed E-state index contributed by atoms with van der Waals surface area (Å²) >= 11 is 6.49. The Morgan fingerprint density at radius 3 is 2.42 bits per heavy atom. The van der Waals surface area contributed by atoms with Crippen LogP contribution < -0.4 is 10.1 Å². The van der Waals surface area contributed by atoms with E-state index in [4.69, 9.17) is 21.1 Å². The van der Waals surface area contributed by atoms with E-state index < -0.39 is 12.0 Å². The van der Waals surface area contributed by atoms with Gasteiger partial charge in [-0.15, -0.1) is 0 Å². The first-order valence-corrected chi connectivity index (χ1v) is 10.1. The summed E-state index contributed by atoms with van der Waals surface area (Å²) in [6.07, 6.45) is -0.0185. The standard InChI is InChI=1S/C23H24ClN3O4/c1-15-20(23(24)27(26-15)18-7-5-4-6-8-18)14-31-22(29)13-21(25-16(2)28)17-9-11-19(30-3)12-10-17/h4-12,21H,13-14H2,1-3H3,(H,25,28). The molecule has 2 aromatic carbocycles. The lowest BCUT2D eigenvalue weighted by Gasteiger charge is -2.18. The quantitative estimate of drug-likeness (QED) is 0.531. The lowest BCUT2D eigenvalue weighted by molar-refractivity contribution is -0.145. The zero-order valence-corrected chi connectivity index (χ0v) is 18.3. The van der Waals surface area contributed by atoms with Gasteiger partial charge < -0.3 is 14.8 Å². The van der Waals surface area contributed by atoms with E-state index in [2.05, 4.69) is 10.4 Å². The van der Waals surface area contributed by atoms with Crippen LogP contribution in [0.25, 0.3) is 5.69 Å². The predicted molar refractivity (Wildman–Crippen MR) is 117 cm³/mol.